The largest absolute Gasteiger partial charge is 0.452 e. The van der Waals surface area contributed by atoms with Crippen LogP contribution in [0.1, 0.15) is 49.2 Å². The number of aromatic nitrogens is 3. The second kappa shape index (κ2) is 8.85. The van der Waals surface area contributed by atoms with Crippen LogP contribution >= 0.6 is 0 Å². The van der Waals surface area contributed by atoms with Crippen LogP contribution in [0.5, 0.6) is 0 Å². The fourth-order valence-corrected chi connectivity index (χ4v) is 3.67. The number of ether oxygens (including phenoxy) is 1. The molecule has 3 atom stereocenters. The van der Waals surface area contributed by atoms with E-state index in [2.05, 4.69) is 22.3 Å². The Morgan fingerprint density at radius 3 is 2.70 bits per heavy atom. The maximum Gasteiger partial charge on any atom is 0.434 e. The van der Waals surface area contributed by atoms with Crippen LogP contribution in [-0.2, 0) is 15.7 Å². The van der Waals surface area contributed by atoms with Gasteiger partial charge in [-0.25, -0.2) is 14.5 Å². The minimum atomic E-state index is -4.88. The minimum absolute atomic E-state index is 0.0439. The molecule has 1 aliphatic carbocycles. The molecule has 0 aliphatic heterocycles. The van der Waals surface area contributed by atoms with Gasteiger partial charge >= 0.3 is 12.1 Å². The van der Waals surface area contributed by atoms with E-state index in [1.807, 2.05) is 6.92 Å². The normalized spacial score (nSPS) is 21.8. The molecule has 0 aromatic carbocycles. The van der Waals surface area contributed by atoms with Gasteiger partial charge in [0.05, 0.1) is 6.20 Å². The van der Waals surface area contributed by atoms with Gasteiger partial charge in [0.25, 0.3) is 5.91 Å². The number of carbonyl (C=O) groups is 2. The van der Waals surface area contributed by atoms with Crippen LogP contribution in [0.2, 0.25) is 0 Å². The monoisotopic (exact) mass is 424 g/mol. The Morgan fingerprint density at radius 1 is 1.27 bits per heavy atom. The van der Waals surface area contributed by atoms with E-state index in [-0.39, 0.29) is 17.8 Å². The van der Waals surface area contributed by atoms with Crippen molar-refractivity contribution in [1.82, 2.24) is 20.1 Å². The summed E-state index contributed by atoms with van der Waals surface area (Å²) in [5.41, 5.74) is -2.08. The van der Waals surface area contributed by atoms with Crippen molar-refractivity contribution < 1.29 is 27.5 Å². The van der Waals surface area contributed by atoms with Crippen molar-refractivity contribution in [1.29, 1.82) is 0 Å². The fraction of sp³-hybridized carbons (Fsp3) is 0.500. The molecule has 10 heteroatoms. The second-order valence-corrected chi connectivity index (χ2v) is 7.52. The molecule has 3 rings (SSSR count). The third-order valence-corrected chi connectivity index (χ3v) is 5.51. The lowest BCUT2D eigenvalue weighted by Crippen LogP contribution is -2.45. The Bertz CT molecular complexity index is 898. The van der Waals surface area contributed by atoms with Gasteiger partial charge in [-0.05, 0) is 30.4 Å². The highest BCUT2D eigenvalue weighted by molar-refractivity contribution is 5.92. The Hall–Kier alpha value is -2.91. The Kier molecular flexibility index (Phi) is 6.42. The molecule has 1 fully saturated rings. The molecule has 1 aliphatic rings. The van der Waals surface area contributed by atoms with Gasteiger partial charge < -0.3 is 10.1 Å². The number of halogens is 3. The number of amides is 1. The predicted molar refractivity (Wildman–Crippen MR) is 101 cm³/mol. The van der Waals surface area contributed by atoms with Gasteiger partial charge in [0, 0.05) is 12.2 Å². The molecule has 0 bridgehead atoms. The molecular weight excluding hydrogens is 401 g/mol. The molecule has 3 unspecified atom stereocenters. The fourth-order valence-electron chi connectivity index (χ4n) is 3.67. The van der Waals surface area contributed by atoms with Gasteiger partial charge in [0.15, 0.2) is 18.1 Å². The number of alkyl halides is 3. The summed E-state index contributed by atoms with van der Waals surface area (Å²) in [5, 5.41) is 6.46. The summed E-state index contributed by atoms with van der Waals surface area (Å²) < 4.78 is 46.2. The molecule has 0 radical (unpaired) electrons. The Labute approximate surface area is 171 Å². The maximum absolute atomic E-state index is 13.6. The van der Waals surface area contributed by atoms with Crippen molar-refractivity contribution in [2.75, 3.05) is 6.61 Å². The van der Waals surface area contributed by atoms with E-state index >= 15 is 0 Å². The number of hydrogen-bond donors (Lipinski definition) is 1. The second-order valence-electron chi connectivity index (χ2n) is 7.52. The number of hydrogen-bond acceptors (Lipinski definition) is 5. The van der Waals surface area contributed by atoms with Crippen LogP contribution < -0.4 is 5.32 Å². The van der Waals surface area contributed by atoms with Gasteiger partial charge in [0.1, 0.15) is 5.56 Å². The van der Waals surface area contributed by atoms with Crippen LogP contribution in [0.25, 0.3) is 5.82 Å². The van der Waals surface area contributed by atoms with Gasteiger partial charge in [-0.3, -0.25) is 4.79 Å². The molecule has 0 saturated heterocycles. The summed E-state index contributed by atoms with van der Waals surface area (Å²) in [6.07, 6.45) is 0.0920. The smallest absolute Gasteiger partial charge is 0.434 e. The van der Waals surface area contributed by atoms with Crippen molar-refractivity contribution in [2.24, 2.45) is 11.8 Å². The van der Waals surface area contributed by atoms with Gasteiger partial charge in [-0.2, -0.15) is 18.3 Å². The number of nitrogens with zero attached hydrogens (tertiary/aromatic N) is 3. The SMILES string of the molecule is CC1CCCC(NC(=O)COC(=O)c2cnn(-c3ccccn3)c2C(F)(F)F)C1C. The third-order valence-electron chi connectivity index (χ3n) is 5.51. The molecule has 1 amide bonds. The first-order valence-corrected chi connectivity index (χ1v) is 9.71. The molecule has 7 nitrogen and oxygen atoms in total. The highest BCUT2D eigenvalue weighted by Crippen LogP contribution is 2.33. The molecule has 30 heavy (non-hydrogen) atoms. The number of pyridine rings is 1. The number of nitrogens with one attached hydrogen (secondary N) is 1. The standard InChI is InChI=1S/C20H23F3N4O3/c1-12-6-5-7-15(13(12)2)26-17(28)11-30-19(29)14-10-25-27(18(14)20(21,22)23)16-8-3-4-9-24-16/h3-4,8-10,12-13,15H,5-7,11H2,1-2H3,(H,26,28). The summed E-state index contributed by atoms with van der Waals surface area (Å²) in [7, 11) is 0. The highest BCUT2D eigenvalue weighted by Gasteiger charge is 2.41. The average Bonchev–Trinajstić information content (AvgIpc) is 3.16. The molecule has 1 saturated carbocycles. The Morgan fingerprint density at radius 2 is 2.03 bits per heavy atom. The van der Waals surface area contributed by atoms with Crippen molar-refractivity contribution in [3.63, 3.8) is 0 Å². The quantitative estimate of drug-likeness (QED) is 0.744. The van der Waals surface area contributed by atoms with Crippen LogP contribution in [-0.4, -0.2) is 39.3 Å². The minimum Gasteiger partial charge on any atom is -0.452 e. The molecule has 1 N–H and O–H groups in total. The summed E-state index contributed by atoms with van der Waals surface area (Å²) in [5.74, 6) is -1.18. The van der Waals surface area contributed by atoms with Crippen LogP contribution in [0, 0.1) is 11.8 Å². The lowest BCUT2D eigenvalue weighted by Gasteiger charge is -2.34. The lowest BCUT2D eigenvalue weighted by atomic mass is 9.78. The van der Waals surface area contributed by atoms with Gasteiger partial charge in [0.2, 0.25) is 0 Å². The molecule has 2 heterocycles. The van der Waals surface area contributed by atoms with E-state index in [0.717, 1.165) is 25.5 Å². The third kappa shape index (κ3) is 4.80. The van der Waals surface area contributed by atoms with Crippen molar-refractivity contribution in [2.45, 2.75) is 45.3 Å². The van der Waals surface area contributed by atoms with Crippen molar-refractivity contribution >= 4 is 11.9 Å². The number of esters is 1. The molecule has 2 aromatic rings. The van der Waals surface area contributed by atoms with Crippen LogP contribution in [0.3, 0.4) is 0 Å². The van der Waals surface area contributed by atoms with Gasteiger partial charge in [-0.1, -0.05) is 32.8 Å². The first kappa shape index (κ1) is 21.8. The average molecular weight is 424 g/mol. The molecular formula is C20H23F3N4O3. The summed E-state index contributed by atoms with van der Waals surface area (Å²) >= 11 is 0. The summed E-state index contributed by atoms with van der Waals surface area (Å²) in [6.45, 7) is 3.49. The van der Waals surface area contributed by atoms with Gasteiger partial charge in [-0.15, -0.1) is 0 Å². The number of rotatable bonds is 5. The lowest BCUT2D eigenvalue weighted by molar-refractivity contribution is -0.143. The van der Waals surface area contributed by atoms with E-state index in [4.69, 9.17) is 4.74 Å². The summed E-state index contributed by atoms with van der Waals surface area (Å²) in [6, 6.07) is 4.33. The zero-order valence-corrected chi connectivity index (χ0v) is 16.6. The summed E-state index contributed by atoms with van der Waals surface area (Å²) in [4.78, 5) is 28.3. The highest BCUT2D eigenvalue weighted by atomic mass is 19.4. The van der Waals surface area contributed by atoms with E-state index < -0.39 is 35.9 Å². The maximum atomic E-state index is 13.6. The van der Waals surface area contributed by atoms with Crippen molar-refractivity contribution in [3.05, 3.63) is 41.9 Å². The van der Waals surface area contributed by atoms with Crippen molar-refractivity contribution in [3.8, 4) is 5.82 Å². The Balaban J connectivity index is 1.70. The van der Waals surface area contributed by atoms with E-state index in [1.165, 1.54) is 18.3 Å². The predicted octanol–water partition coefficient (Wildman–Crippen LogP) is 3.38. The first-order valence-electron chi connectivity index (χ1n) is 9.71. The number of carbonyl (C=O) groups excluding carboxylic acids is 2. The molecule has 0 spiro atoms. The van der Waals surface area contributed by atoms with Crippen LogP contribution in [0.4, 0.5) is 13.2 Å². The van der Waals surface area contributed by atoms with E-state index in [0.29, 0.717) is 10.6 Å². The zero-order chi connectivity index (χ0) is 21.9. The van der Waals surface area contributed by atoms with Crippen LogP contribution in [0.15, 0.2) is 30.6 Å². The van der Waals surface area contributed by atoms with E-state index in [1.54, 1.807) is 6.07 Å². The first-order chi connectivity index (χ1) is 14.2. The molecule has 162 valence electrons. The molecule has 2 aromatic heterocycles. The zero-order valence-electron chi connectivity index (χ0n) is 16.6. The topological polar surface area (TPSA) is 86.1 Å². The van der Waals surface area contributed by atoms with E-state index in [9.17, 15) is 22.8 Å².